The molecule has 7 N–H and O–H groups in total. The van der Waals surface area contributed by atoms with Crippen molar-refractivity contribution in [2.45, 2.75) is 102 Å². The maximum atomic E-state index is 13.8. The molecule has 0 aromatic carbocycles. The fourth-order valence-electron chi connectivity index (χ4n) is 5.47. The smallest absolute Gasteiger partial charge is 0.330 e. The van der Waals surface area contributed by atoms with Crippen molar-refractivity contribution >= 4 is 43.0 Å². The number of hydrogen-bond acceptors (Lipinski definition) is 16. The number of rotatable bonds is 47. The zero-order valence-corrected chi connectivity index (χ0v) is 41.6. The predicted octanol–water partition coefficient (Wildman–Crippen LogP) is 0.344. The number of ether oxygens (including phenoxy) is 8. The van der Waals surface area contributed by atoms with Gasteiger partial charge in [0, 0.05) is 73.2 Å². The molecule has 0 radical (unpaired) electrons. The molecule has 0 rings (SSSR count). The monoisotopic (exact) mass is 987 g/mol. The second-order valence-corrected chi connectivity index (χ2v) is 17.8. The quantitative estimate of drug-likeness (QED) is 0.0320. The number of carbonyl (C=O) groups excluding carboxylic acids is 6. The summed E-state index contributed by atoms with van der Waals surface area (Å²) in [5, 5.41) is 16.7. The van der Waals surface area contributed by atoms with Crippen molar-refractivity contribution in [1.29, 1.82) is 0 Å². The van der Waals surface area contributed by atoms with E-state index in [0.717, 1.165) is 0 Å². The van der Waals surface area contributed by atoms with Crippen LogP contribution in [0.1, 0.15) is 84.5 Å². The second-order valence-electron chi connectivity index (χ2n) is 15.4. The maximum absolute atomic E-state index is 13.8. The lowest BCUT2D eigenvalue weighted by Gasteiger charge is -2.23. The van der Waals surface area contributed by atoms with Gasteiger partial charge in [0.25, 0.3) is 0 Å². The van der Waals surface area contributed by atoms with E-state index < -0.39 is 43.1 Å². The van der Waals surface area contributed by atoms with Gasteiger partial charge in [-0.15, -0.1) is 0 Å². The van der Waals surface area contributed by atoms with Crippen LogP contribution in [0.15, 0.2) is 0 Å². The predicted molar refractivity (Wildman–Crippen MR) is 247 cm³/mol. The van der Waals surface area contributed by atoms with E-state index in [2.05, 4.69) is 31.9 Å². The summed E-state index contributed by atoms with van der Waals surface area (Å²) in [6, 6.07) is -1.96. The molecule has 23 nitrogen and oxygen atoms in total. The summed E-state index contributed by atoms with van der Waals surface area (Å²) in [6.07, 6.45) is 3.35. The van der Waals surface area contributed by atoms with Gasteiger partial charge in [-0.05, 0) is 44.9 Å². The Morgan fingerprint density at radius 3 is 1.25 bits per heavy atom. The van der Waals surface area contributed by atoms with Gasteiger partial charge in [-0.1, -0.05) is 13.8 Å². The van der Waals surface area contributed by atoms with Crippen molar-refractivity contribution < 1.29 is 80.6 Å². The Labute approximate surface area is 397 Å². The summed E-state index contributed by atoms with van der Waals surface area (Å²) >= 11 is 0. The van der Waals surface area contributed by atoms with E-state index in [-0.39, 0.29) is 116 Å². The fraction of sp³-hybridized carbons (Fsp3) is 0.860. The van der Waals surface area contributed by atoms with E-state index in [4.69, 9.17) is 42.4 Å². The van der Waals surface area contributed by atoms with Crippen molar-refractivity contribution in [2.75, 3.05) is 140 Å². The summed E-state index contributed by atoms with van der Waals surface area (Å²) in [4.78, 5) is 86.3. The molecule has 0 heterocycles. The number of nitrogens with one attached hydrogen (secondary N) is 6. The summed E-state index contributed by atoms with van der Waals surface area (Å²) in [5.74, 6) is -2.01. The largest absolute Gasteiger partial charge is 0.382 e. The van der Waals surface area contributed by atoms with Gasteiger partial charge >= 0.3 is 7.60 Å². The molecule has 392 valence electrons. The molecule has 0 aliphatic carbocycles. The summed E-state index contributed by atoms with van der Waals surface area (Å²) in [6.45, 7) is 8.02. The highest BCUT2D eigenvalue weighted by Gasteiger charge is 2.27. The topological polar surface area (TPSA) is 295 Å². The Balaban J connectivity index is 5.20. The molecule has 67 heavy (non-hydrogen) atoms. The van der Waals surface area contributed by atoms with Crippen LogP contribution in [-0.2, 0) is 75.8 Å². The molecular formula is C43H83N6O17P. The van der Waals surface area contributed by atoms with E-state index in [1.807, 2.05) is 0 Å². The number of amides is 6. The van der Waals surface area contributed by atoms with E-state index in [1.54, 1.807) is 28.1 Å². The Morgan fingerprint density at radius 2 is 0.821 bits per heavy atom. The van der Waals surface area contributed by atoms with Crippen LogP contribution in [0, 0.1) is 0 Å². The Kier molecular flexibility index (Phi) is 41.7. The summed E-state index contributed by atoms with van der Waals surface area (Å²) < 4.78 is 58.8. The lowest BCUT2D eigenvalue weighted by atomic mass is 10.0. The normalized spacial score (nSPS) is 13.1. The lowest BCUT2D eigenvalue weighted by Crippen LogP contribution is -2.54. The minimum absolute atomic E-state index is 0.000650. The highest BCUT2D eigenvalue weighted by Crippen LogP contribution is 2.46. The van der Waals surface area contributed by atoms with Crippen LogP contribution in [-0.4, -0.2) is 198 Å². The zero-order chi connectivity index (χ0) is 49.8. The average Bonchev–Trinajstić information content (AvgIpc) is 3.29. The molecule has 0 fully saturated rings. The van der Waals surface area contributed by atoms with Crippen LogP contribution in [0.4, 0.5) is 0 Å². The van der Waals surface area contributed by atoms with Gasteiger partial charge in [-0.25, -0.2) is 0 Å². The van der Waals surface area contributed by atoms with Crippen molar-refractivity contribution in [3.05, 3.63) is 0 Å². The summed E-state index contributed by atoms with van der Waals surface area (Å²) in [5.41, 5.74) is -0.503. The molecule has 0 saturated carbocycles. The van der Waals surface area contributed by atoms with Gasteiger partial charge < -0.3 is 79.2 Å². The number of unbranched alkanes of at least 4 members (excludes halogenated alkanes) is 2. The van der Waals surface area contributed by atoms with Crippen LogP contribution in [0.3, 0.4) is 0 Å². The van der Waals surface area contributed by atoms with E-state index in [0.29, 0.717) is 91.4 Å². The van der Waals surface area contributed by atoms with E-state index in [1.165, 1.54) is 7.11 Å². The third-order valence-corrected chi connectivity index (χ3v) is 11.3. The highest BCUT2D eigenvalue weighted by molar-refractivity contribution is 7.53. The van der Waals surface area contributed by atoms with Gasteiger partial charge in [-0.3, -0.25) is 33.3 Å². The third-order valence-electron chi connectivity index (χ3n) is 9.45. The highest BCUT2D eigenvalue weighted by atomic mass is 31.2. The van der Waals surface area contributed by atoms with Crippen LogP contribution < -0.4 is 31.9 Å². The van der Waals surface area contributed by atoms with Crippen molar-refractivity contribution in [3.63, 3.8) is 0 Å². The van der Waals surface area contributed by atoms with Crippen LogP contribution in [0.25, 0.3) is 0 Å². The minimum atomic E-state index is -3.64. The van der Waals surface area contributed by atoms with Gasteiger partial charge in [0.2, 0.25) is 35.4 Å². The van der Waals surface area contributed by atoms with Gasteiger partial charge in [0.05, 0.1) is 98.2 Å². The van der Waals surface area contributed by atoms with Gasteiger partial charge in [0.15, 0.2) is 0 Å². The molecule has 0 spiro atoms. The first-order chi connectivity index (χ1) is 32.3. The fourth-order valence-corrected chi connectivity index (χ4v) is 6.16. The Morgan fingerprint density at radius 1 is 0.433 bits per heavy atom. The van der Waals surface area contributed by atoms with Crippen LogP contribution in [0.5, 0.6) is 0 Å². The number of methoxy groups -OCH3 is 3. The molecule has 6 amide bonds. The molecule has 0 aromatic rings. The molecule has 24 heteroatoms. The van der Waals surface area contributed by atoms with Gasteiger partial charge in [0.1, 0.15) is 12.1 Å². The van der Waals surface area contributed by atoms with E-state index >= 15 is 0 Å². The van der Waals surface area contributed by atoms with Crippen molar-refractivity contribution in [1.82, 2.24) is 31.9 Å². The second kappa shape index (κ2) is 43.9. The van der Waals surface area contributed by atoms with Gasteiger partial charge in [-0.2, -0.15) is 0 Å². The molecular weight excluding hydrogens is 903 g/mol. The molecule has 0 saturated heterocycles. The Bertz CT molecular complexity index is 1370. The molecule has 0 bridgehead atoms. The average molecular weight is 987 g/mol. The van der Waals surface area contributed by atoms with Crippen LogP contribution >= 0.6 is 7.60 Å². The van der Waals surface area contributed by atoms with E-state index in [9.17, 15) is 38.2 Å². The number of hydrogen-bond donors (Lipinski definition) is 7. The molecule has 3 unspecified atom stereocenters. The van der Waals surface area contributed by atoms with Crippen LogP contribution in [0.2, 0.25) is 0 Å². The molecule has 0 aliphatic rings. The first kappa shape index (κ1) is 63.6. The first-order valence-electron chi connectivity index (χ1n) is 23.3. The molecule has 0 aromatic heterocycles. The SMILES string of the molecule is COCCOCCC(=O)NCCCCC(NC(=O)CCOCCOC)C(=O)NC(CCCCNC(=O)CCOCCOC)C(=O)NCCOCCOCCC(=O)NCCCOP(=O)(O)C(C)C. The van der Waals surface area contributed by atoms with Crippen molar-refractivity contribution in [3.8, 4) is 0 Å². The minimum Gasteiger partial charge on any atom is -0.382 e. The zero-order valence-electron chi connectivity index (χ0n) is 40.7. The standard InChI is InChI=1S/C43H83N6O17P/c1-35(2)67(56,57)66-21-10-19-46-40(52)15-24-64-33-34-65-26-20-47-42(54)36(11-6-8-17-44-38(50)13-22-61-30-27-58-3)49-43(55)37(48-41(53)16-25-63-32-29-60-5)12-7-9-18-45-39(51)14-23-62-31-28-59-4/h35-37H,6-34H2,1-5H3,(H,44,50)(H,45,51)(H,46,52)(H,47,54)(H,48,53)(H,49,55)(H,56,57). The Hall–Kier alpha value is -3.35. The molecule has 3 atom stereocenters. The lowest BCUT2D eigenvalue weighted by molar-refractivity contribution is -0.132. The summed E-state index contributed by atoms with van der Waals surface area (Å²) in [7, 11) is 1.02. The third kappa shape index (κ3) is 39.2. The maximum Gasteiger partial charge on any atom is 0.330 e. The number of carbonyl (C=O) groups is 6. The first-order valence-corrected chi connectivity index (χ1v) is 24.9. The molecule has 0 aliphatic heterocycles. The van der Waals surface area contributed by atoms with Crippen molar-refractivity contribution in [2.24, 2.45) is 0 Å².